The third-order valence-electron chi connectivity index (χ3n) is 4.26. The smallest absolute Gasteiger partial charge is 0.330 e. The minimum Gasteiger partial charge on any atom is -0.463 e. The van der Waals surface area contributed by atoms with Crippen molar-refractivity contribution in [2.45, 2.75) is 71.1 Å². The summed E-state index contributed by atoms with van der Waals surface area (Å²) in [4.78, 5) is 21.9. The number of carbonyl (C=O) groups excluding carboxylic acids is 2. The molecule has 8 heteroatoms. The van der Waals surface area contributed by atoms with E-state index in [4.69, 9.17) is 18.5 Å². The Morgan fingerprint density at radius 3 is 1.57 bits per heavy atom. The Bertz CT molecular complexity index is 496. The monoisotopic (exact) mass is 446 g/mol. The average Bonchev–Trinajstić information content (AvgIpc) is 2.75. The van der Waals surface area contributed by atoms with Gasteiger partial charge in [0.25, 0.3) is 0 Å². The Morgan fingerprint density at radius 2 is 1.13 bits per heavy atom. The van der Waals surface area contributed by atoms with Gasteiger partial charge in [0.1, 0.15) is 0 Å². The molecule has 0 fully saturated rings. The van der Waals surface area contributed by atoms with Gasteiger partial charge in [-0.15, -0.1) is 0 Å². The zero-order valence-corrected chi connectivity index (χ0v) is 19.4. The molecule has 0 aromatic carbocycles. The van der Waals surface area contributed by atoms with Crippen molar-refractivity contribution in [3.05, 3.63) is 25.3 Å². The van der Waals surface area contributed by atoms with Crippen LogP contribution in [0.5, 0.6) is 0 Å². The summed E-state index contributed by atoms with van der Waals surface area (Å²) in [7, 11) is -3.11. The molecule has 0 saturated heterocycles. The lowest BCUT2D eigenvalue weighted by Crippen LogP contribution is -2.05. The van der Waals surface area contributed by atoms with Crippen LogP contribution in [0.4, 0.5) is 0 Å². The first-order chi connectivity index (χ1) is 14.5. The molecule has 0 unspecified atom stereocenters. The number of hydrogen-bond acceptors (Lipinski definition) is 7. The van der Waals surface area contributed by atoms with Crippen LogP contribution in [0, 0.1) is 0 Å². The van der Waals surface area contributed by atoms with E-state index >= 15 is 0 Å². The van der Waals surface area contributed by atoms with Crippen LogP contribution in [-0.4, -0.2) is 44.5 Å². The van der Waals surface area contributed by atoms with Gasteiger partial charge in [-0.05, 0) is 44.9 Å². The molecule has 0 bridgehead atoms. The van der Waals surface area contributed by atoms with Crippen molar-refractivity contribution >= 4 is 19.5 Å². The van der Waals surface area contributed by atoms with Gasteiger partial charge < -0.3 is 18.5 Å². The highest BCUT2D eigenvalue weighted by atomic mass is 31.2. The summed E-state index contributed by atoms with van der Waals surface area (Å²) >= 11 is 0. The summed E-state index contributed by atoms with van der Waals surface area (Å²) in [6.45, 7) is 10.2. The maximum Gasteiger partial charge on any atom is 0.330 e. The van der Waals surface area contributed by atoms with Gasteiger partial charge >= 0.3 is 19.5 Å². The van der Waals surface area contributed by atoms with Gasteiger partial charge in [-0.2, -0.15) is 0 Å². The van der Waals surface area contributed by atoms with Crippen molar-refractivity contribution in [3.8, 4) is 0 Å². The largest absolute Gasteiger partial charge is 0.463 e. The minimum absolute atomic E-state index is 0.345. The summed E-state index contributed by atoms with van der Waals surface area (Å²) in [5.41, 5.74) is 0. The van der Waals surface area contributed by atoms with Crippen molar-refractivity contribution in [2.75, 3.05) is 32.6 Å². The number of carbonyl (C=O) groups is 2. The van der Waals surface area contributed by atoms with Crippen LogP contribution in [0.15, 0.2) is 25.3 Å². The van der Waals surface area contributed by atoms with Gasteiger partial charge in [0.15, 0.2) is 0 Å². The Morgan fingerprint density at radius 1 is 0.700 bits per heavy atom. The molecular formula is C22H39O7P. The lowest BCUT2D eigenvalue weighted by atomic mass is 10.2. The van der Waals surface area contributed by atoms with E-state index in [0.717, 1.165) is 76.4 Å². The lowest BCUT2D eigenvalue weighted by Gasteiger charge is -2.19. The Kier molecular flexibility index (Phi) is 18.6. The van der Waals surface area contributed by atoms with Crippen LogP contribution in [-0.2, 0) is 32.7 Å². The lowest BCUT2D eigenvalue weighted by molar-refractivity contribution is -0.138. The first-order valence-corrected chi connectivity index (χ1v) is 12.7. The molecule has 0 saturated carbocycles. The molecule has 0 spiro atoms. The number of hydrogen-bond donors (Lipinski definition) is 0. The van der Waals surface area contributed by atoms with Crippen LogP contribution < -0.4 is 0 Å². The standard InChI is InChI=1S/C22H39O7P/c1-4-7-8-15-20-30(25,28-18-13-9-11-16-26-21(23)5-2)29-19-14-10-12-17-27-22(24)6-3/h5-6H,2-4,7-20H2,1H3. The van der Waals surface area contributed by atoms with E-state index in [-0.39, 0.29) is 0 Å². The highest BCUT2D eigenvalue weighted by Crippen LogP contribution is 2.49. The van der Waals surface area contributed by atoms with Crippen LogP contribution in [0.2, 0.25) is 0 Å². The average molecular weight is 447 g/mol. The first kappa shape index (κ1) is 28.6. The van der Waals surface area contributed by atoms with Crippen LogP contribution >= 0.6 is 7.60 Å². The Labute approximate surface area is 181 Å². The quantitative estimate of drug-likeness (QED) is 0.0982. The molecule has 0 amide bonds. The number of unbranched alkanes of at least 4 members (excludes halogenated alkanes) is 7. The second kappa shape index (κ2) is 19.5. The molecule has 0 aliphatic rings. The summed E-state index contributed by atoms with van der Waals surface area (Å²) in [6, 6.07) is 0. The van der Waals surface area contributed by atoms with Crippen LogP contribution in [0.25, 0.3) is 0 Å². The van der Waals surface area contributed by atoms with Crippen LogP contribution in [0.3, 0.4) is 0 Å². The van der Waals surface area contributed by atoms with E-state index in [1.165, 1.54) is 0 Å². The molecule has 0 heterocycles. The summed E-state index contributed by atoms with van der Waals surface area (Å²) in [5.74, 6) is -0.842. The van der Waals surface area contributed by atoms with E-state index in [1.807, 2.05) is 0 Å². The number of ether oxygens (including phenoxy) is 2. The molecule has 174 valence electrons. The van der Waals surface area contributed by atoms with Gasteiger partial charge in [0, 0.05) is 12.2 Å². The fraction of sp³-hybridized carbons (Fsp3) is 0.727. The Balaban J connectivity index is 4.09. The van der Waals surface area contributed by atoms with Crippen molar-refractivity contribution < 1.29 is 32.7 Å². The van der Waals surface area contributed by atoms with Crippen molar-refractivity contribution in [1.82, 2.24) is 0 Å². The van der Waals surface area contributed by atoms with Crippen molar-refractivity contribution in [3.63, 3.8) is 0 Å². The fourth-order valence-electron chi connectivity index (χ4n) is 2.53. The molecular weight excluding hydrogens is 407 g/mol. The third kappa shape index (κ3) is 17.4. The minimum atomic E-state index is -3.11. The first-order valence-electron chi connectivity index (χ1n) is 10.9. The number of rotatable bonds is 21. The molecule has 0 aliphatic carbocycles. The molecule has 0 atom stereocenters. The number of esters is 2. The maximum atomic E-state index is 13.0. The predicted molar refractivity (Wildman–Crippen MR) is 119 cm³/mol. The zero-order chi connectivity index (χ0) is 22.5. The highest BCUT2D eigenvalue weighted by Gasteiger charge is 2.23. The maximum absolute atomic E-state index is 13.0. The molecule has 0 radical (unpaired) electrons. The summed E-state index contributed by atoms with van der Waals surface area (Å²) in [6.07, 6.45) is 11.3. The van der Waals surface area contributed by atoms with Crippen molar-refractivity contribution in [2.24, 2.45) is 0 Å². The topological polar surface area (TPSA) is 88.1 Å². The van der Waals surface area contributed by atoms with Gasteiger partial charge in [0.2, 0.25) is 0 Å². The van der Waals surface area contributed by atoms with Crippen LogP contribution in [0.1, 0.15) is 71.1 Å². The fourth-order valence-corrected chi connectivity index (χ4v) is 4.29. The summed E-state index contributed by atoms with van der Waals surface area (Å²) in [5, 5.41) is 0. The summed E-state index contributed by atoms with van der Waals surface area (Å²) < 4.78 is 34.2. The molecule has 0 aromatic heterocycles. The van der Waals surface area contributed by atoms with Gasteiger partial charge in [-0.25, -0.2) is 9.59 Å². The van der Waals surface area contributed by atoms with E-state index in [9.17, 15) is 14.2 Å². The molecule has 0 aromatic rings. The Hall–Kier alpha value is -1.43. The third-order valence-corrected chi connectivity index (χ3v) is 6.28. The molecule has 7 nitrogen and oxygen atoms in total. The van der Waals surface area contributed by atoms with Gasteiger partial charge in [-0.1, -0.05) is 39.3 Å². The van der Waals surface area contributed by atoms with E-state index < -0.39 is 19.5 Å². The second-order valence-electron chi connectivity index (χ2n) is 6.93. The second-order valence-corrected chi connectivity index (χ2v) is 9.11. The van der Waals surface area contributed by atoms with E-state index in [0.29, 0.717) is 32.6 Å². The molecule has 0 N–H and O–H groups in total. The van der Waals surface area contributed by atoms with Crippen molar-refractivity contribution in [1.29, 1.82) is 0 Å². The molecule has 0 aliphatic heterocycles. The zero-order valence-electron chi connectivity index (χ0n) is 18.5. The predicted octanol–water partition coefficient (Wildman–Crippen LogP) is 5.59. The van der Waals surface area contributed by atoms with Gasteiger partial charge in [-0.3, -0.25) is 4.57 Å². The highest BCUT2D eigenvalue weighted by molar-refractivity contribution is 7.53. The van der Waals surface area contributed by atoms with E-state index in [1.54, 1.807) is 0 Å². The molecule has 30 heavy (non-hydrogen) atoms. The molecule has 0 rings (SSSR count). The van der Waals surface area contributed by atoms with E-state index in [2.05, 4.69) is 20.1 Å². The van der Waals surface area contributed by atoms with Gasteiger partial charge in [0.05, 0.1) is 32.6 Å². The SMILES string of the molecule is C=CC(=O)OCCCCCOP(=O)(CCCCCC)OCCCCCOC(=O)C=C. The normalized spacial score (nSPS) is 11.1.